The molecule has 3 rings (SSSR count). The van der Waals surface area contributed by atoms with Gasteiger partial charge in [0.05, 0.1) is 0 Å². The maximum atomic E-state index is 4.19. The summed E-state index contributed by atoms with van der Waals surface area (Å²) in [4.78, 5) is 12.5. The maximum absolute atomic E-state index is 4.19. The monoisotopic (exact) mass is 331 g/mol. The van der Waals surface area contributed by atoms with Crippen LogP contribution in [0.3, 0.4) is 0 Å². The van der Waals surface area contributed by atoms with Gasteiger partial charge in [-0.25, -0.2) is 0 Å². The number of pyridine rings is 3. The zero-order chi connectivity index (χ0) is 17.5. The minimum atomic E-state index is 0.491. The topological polar surface area (TPSA) is 38.7 Å². The van der Waals surface area contributed by atoms with E-state index in [1.54, 1.807) is 0 Å². The van der Waals surface area contributed by atoms with E-state index in [-0.39, 0.29) is 0 Å². The zero-order valence-corrected chi connectivity index (χ0v) is 14.9. The maximum Gasteiger partial charge on any atom is 0.0270 e. The molecule has 3 nitrogen and oxygen atoms in total. The Morgan fingerprint density at radius 2 is 0.880 bits per heavy atom. The van der Waals surface area contributed by atoms with Crippen molar-refractivity contribution in [1.82, 2.24) is 15.0 Å². The minimum Gasteiger partial charge on any atom is -0.265 e. The Morgan fingerprint density at radius 3 is 1.24 bits per heavy atom. The Balaban J connectivity index is 1.78. The van der Waals surface area contributed by atoms with Crippen LogP contribution in [0.2, 0.25) is 0 Å². The third-order valence-electron chi connectivity index (χ3n) is 5.00. The second kappa shape index (κ2) is 8.52. The third kappa shape index (κ3) is 4.72. The molecule has 3 heteroatoms. The Morgan fingerprint density at radius 1 is 0.560 bits per heavy atom. The number of rotatable bonds is 7. The quantitative estimate of drug-likeness (QED) is 0.586. The molecule has 0 spiro atoms. The average Bonchev–Trinajstić information content (AvgIpc) is 2.69. The van der Waals surface area contributed by atoms with E-state index in [2.05, 4.69) is 65.2 Å². The molecule has 128 valence electrons. The molecule has 0 saturated carbocycles. The van der Waals surface area contributed by atoms with Crippen LogP contribution in [-0.4, -0.2) is 15.0 Å². The molecule has 0 amide bonds. The van der Waals surface area contributed by atoms with E-state index in [0.717, 1.165) is 12.8 Å². The molecule has 0 bridgehead atoms. The van der Waals surface area contributed by atoms with Crippen molar-refractivity contribution in [2.45, 2.75) is 44.4 Å². The van der Waals surface area contributed by atoms with Crippen LogP contribution in [0, 0.1) is 0 Å². The van der Waals surface area contributed by atoms with Crippen LogP contribution in [-0.2, 0) is 0 Å². The fourth-order valence-electron chi connectivity index (χ4n) is 3.51. The van der Waals surface area contributed by atoms with E-state index in [9.17, 15) is 0 Å². The summed E-state index contributed by atoms with van der Waals surface area (Å²) in [6.07, 6.45) is 13.6. The van der Waals surface area contributed by atoms with Crippen molar-refractivity contribution in [1.29, 1.82) is 0 Å². The average molecular weight is 331 g/mol. The fourth-order valence-corrected chi connectivity index (χ4v) is 3.51. The highest BCUT2D eigenvalue weighted by molar-refractivity contribution is 5.22. The zero-order valence-electron chi connectivity index (χ0n) is 14.9. The van der Waals surface area contributed by atoms with E-state index in [1.165, 1.54) is 16.7 Å². The molecule has 0 aromatic carbocycles. The molecule has 0 fully saturated rings. The van der Waals surface area contributed by atoms with Gasteiger partial charge in [0.15, 0.2) is 0 Å². The van der Waals surface area contributed by atoms with Crippen molar-refractivity contribution in [2.24, 2.45) is 0 Å². The van der Waals surface area contributed by atoms with Crippen molar-refractivity contribution in [2.75, 3.05) is 0 Å². The lowest BCUT2D eigenvalue weighted by atomic mass is 9.80. The van der Waals surface area contributed by atoms with Gasteiger partial charge < -0.3 is 0 Å². The highest BCUT2D eigenvalue weighted by atomic mass is 14.6. The third-order valence-corrected chi connectivity index (χ3v) is 5.00. The van der Waals surface area contributed by atoms with Crippen molar-refractivity contribution >= 4 is 0 Å². The molecule has 3 aromatic rings. The van der Waals surface area contributed by atoms with Gasteiger partial charge in [0, 0.05) is 37.2 Å². The molecule has 0 aliphatic rings. The summed E-state index contributed by atoms with van der Waals surface area (Å²) in [6.45, 7) is 4.61. The molecular weight excluding hydrogens is 306 g/mol. The van der Waals surface area contributed by atoms with Crippen LogP contribution in [0.15, 0.2) is 73.6 Å². The molecule has 3 aromatic heterocycles. The summed E-state index contributed by atoms with van der Waals surface area (Å²) in [6, 6.07) is 12.8. The molecular formula is C22H25N3. The first-order chi connectivity index (χ1) is 12.2. The van der Waals surface area contributed by atoms with Crippen LogP contribution >= 0.6 is 0 Å². The second-order valence-corrected chi connectivity index (χ2v) is 6.81. The van der Waals surface area contributed by atoms with Crippen LogP contribution < -0.4 is 0 Å². The van der Waals surface area contributed by atoms with Crippen LogP contribution in [0.4, 0.5) is 0 Å². The van der Waals surface area contributed by atoms with Crippen molar-refractivity contribution in [3.8, 4) is 0 Å². The standard InChI is InChI=1S/C22H25N3/c1-17(19-3-9-23-10-4-19)15-22(21-7-13-25-14-8-21)16-18(2)20-5-11-24-12-6-20/h3-14,17-18,22H,15-16H2,1-2H3. The van der Waals surface area contributed by atoms with E-state index >= 15 is 0 Å². The lowest BCUT2D eigenvalue weighted by molar-refractivity contribution is 0.489. The molecule has 3 heterocycles. The summed E-state index contributed by atoms with van der Waals surface area (Å²) in [5, 5.41) is 0. The molecule has 0 N–H and O–H groups in total. The molecule has 0 saturated heterocycles. The lowest BCUT2D eigenvalue weighted by Gasteiger charge is -2.25. The van der Waals surface area contributed by atoms with Gasteiger partial charge in [-0.15, -0.1) is 0 Å². The van der Waals surface area contributed by atoms with Gasteiger partial charge in [-0.1, -0.05) is 13.8 Å². The Labute approximate surface area is 150 Å². The summed E-state index contributed by atoms with van der Waals surface area (Å²) < 4.78 is 0. The number of hydrogen-bond donors (Lipinski definition) is 0. The summed E-state index contributed by atoms with van der Waals surface area (Å²) in [5.74, 6) is 1.48. The van der Waals surface area contributed by atoms with Gasteiger partial charge >= 0.3 is 0 Å². The summed E-state index contributed by atoms with van der Waals surface area (Å²) >= 11 is 0. The van der Waals surface area contributed by atoms with E-state index in [1.807, 2.05) is 37.2 Å². The summed E-state index contributed by atoms with van der Waals surface area (Å²) in [7, 11) is 0. The summed E-state index contributed by atoms with van der Waals surface area (Å²) in [5.41, 5.74) is 4.08. The van der Waals surface area contributed by atoms with Gasteiger partial charge in [-0.05, 0) is 83.7 Å². The molecule has 2 atom stereocenters. The highest BCUT2D eigenvalue weighted by Crippen LogP contribution is 2.36. The predicted molar refractivity (Wildman–Crippen MR) is 102 cm³/mol. The van der Waals surface area contributed by atoms with E-state index in [0.29, 0.717) is 17.8 Å². The first-order valence-electron chi connectivity index (χ1n) is 8.93. The first kappa shape index (κ1) is 17.3. The largest absolute Gasteiger partial charge is 0.265 e. The second-order valence-electron chi connectivity index (χ2n) is 6.81. The van der Waals surface area contributed by atoms with Gasteiger partial charge in [-0.3, -0.25) is 15.0 Å². The molecule has 25 heavy (non-hydrogen) atoms. The Hall–Kier alpha value is -2.55. The van der Waals surface area contributed by atoms with Gasteiger partial charge in [0.2, 0.25) is 0 Å². The van der Waals surface area contributed by atoms with Crippen molar-refractivity contribution in [3.05, 3.63) is 90.3 Å². The number of aromatic nitrogens is 3. The molecule has 0 aliphatic heterocycles. The Kier molecular flexibility index (Phi) is 5.89. The van der Waals surface area contributed by atoms with Crippen LogP contribution in [0.25, 0.3) is 0 Å². The first-order valence-corrected chi connectivity index (χ1v) is 8.93. The number of hydrogen-bond acceptors (Lipinski definition) is 3. The predicted octanol–water partition coefficient (Wildman–Crippen LogP) is 5.34. The van der Waals surface area contributed by atoms with Gasteiger partial charge in [-0.2, -0.15) is 0 Å². The van der Waals surface area contributed by atoms with Gasteiger partial charge in [0.1, 0.15) is 0 Å². The molecule has 0 radical (unpaired) electrons. The number of nitrogens with zero attached hydrogens (tertiary/aromatic N) is 3. The van der Waals surface area contributed by atoms with Crippen molar-refractivity contribution < 1.29 is 0 Å². The van der Waals surface area contributed by atoms with Crippen molar-refractivity contribution in [3.63, 3.8) is 0 Å². The van der Waals surface area contributed by atoms with Gasteiger partial charge in [0.25, 0.3) is 0 Å². The van der Waals surface area contributed by atoms with E-state index < -0.39 is 0 Å². The Bertz CT molecular complexity index is 697. The van der Waals surface area contributed by atoms with Crippen LogP contribution in [0.5, 0.6) is 0 Å². The smallest absolute Gasteiger partial charge is 0.0270 e. The minimum absolute atomic E-state index is 0.491. The van der Waals surface area contributed by atoms with E-state index in [4.69, 9.17) is 0 Å². The van der Waals surface area contributed by atoms with Crippen LogP contribution in [0.1, 0.15) is 61.1 Å². The normalized spacial score (nSPS) is 14.6. The highest BCUT2D eigenvalue weighted by Gasteiger charge is 2.20. The fraction of sp³-hybridized carbons (Fsp3) is 0.318. The SMILES string of the molecule is CC(CC(CC(C)c1ccncc1)c1ccncc1)c1ccncc1. The molecule has 0 aliphatic carbocycles. The lowest BCUT2D eigenvalue weighted by Crippen LogP contribution is -2.09. The molecule has 2 unspecified atom stereocenters.